The Labute approximate surface area is 200 Å². The van der Waals surface area contributed by atoms with Crippen molar-refractivity contribution in [3.63, 3.8) is 0 Å². The topological polar surface area (TPSA) is 72.8 Å². The van der Waals surface area contributed by atoms with Crippen LogP contribution in [0.2, 0.25) is 0 Å². The predicted molar refractivity (Wildman–Crippen MR) is 127 cm³/mol. The van der Waals surface area contributed by atoms with Gasteiger partial charge in [-0.3, -0.25) is 9.59 Å². The number of carbonyl (C=O) groups excluding carboxylic acids is 2. The number of aliphatic hydroxyl groups is 1. The van der Waals surface area contributed by atoms with E-state index in [1.807, 2.05) is 6.08 Å². The van der Waals surface area contributed by atoms with Crippen LogP contribution < -0.4 is 0 Å². The molecule has 6 heteroatoms. The molecule has 2 saturated carbocycles. The number of allylic oxidation sites excluding steroid dienone is 2. The van der Waals surface area contributed by atoms with Gasteiger partial charge in [-0.2, -0.15) is 0 Å². The van der Waals surface area contributed by atoms with E-state index in [1.54, 1.807) is 14.0 Å². The third-order valence-electron chi connectivity index (χ3n) is 9.68. The number of aldehydes is 1. The standard InChI is InChI=1S/C26H39BrO5/c1-15-11-19(22(27)23(2,3)31-6)32-26(15)10-9-24(4)12-17-21(18(29)13-25(17,5)30)16(14-28)7-8-20(24)26/h7,14-15,17,19-22,30H,8-13H2,1-6H3/b16-7-/t15-,17-,19+,20+,21+,22?,24+,25+,26-/m0/s1. The van der Waals surface area contributed by atoms with Gasteiger partial charge in [0, 0.05) is 19.4 Å². The first-order valence-corrected chi connectivity index (χ1v) is 13.0. The van der Waals surface area contributed by atoms with Gasteiger partial charge in [0.25, 0.3) is 0 Å². The van der Waals surface area contributed by atoms with Crippen LogP contribution >= 0.6 is 15.9 Å². The second-order valence-electron chi connectivity index (χ2n) is 12.0. The van der Waals surface area contributed by atoms with Crippen LogP contribution in [0.3, 0.4) is 0 Å². The van der Waals surface area contributed by atoms with E-state index in [0.29, 0.717) is 11.5 Å². The molecule has 0 aromatic rings. The number of rotatable bonds is 4. The summed E-state index contributed by atoms with van der Waals surface area (Å²) in [5, 5.41) is 11.1. The summed E-state index contributed by atoms with van der Waals surface area (Å²) in [6, 6.07) is 0. The third-order valence-corrected chi connectivity index (χ3v) is 11.4. The first-order valence-electron chi connectivity index (χ1n) is 12.1. The normalized spacial score (nSPS) is 49.2. The van der Waals surface area contributed by atoms with Gasteiger partial charge in [-0.25, -0.2) is 0 Å². The summed E-state index contributed by atoms with van der Waals surface area (Å²) in [6.07, 6.45) is 7.44. The Bertz CT molecular complexity index is 819. The highest BCUT2D eigenvalue weighted by atomic mass is 79.9. The summed E-state index contributed by atoms with van der Waals surface area (Å²) in [6.45, 7) is 10.6. The van der Waals surface area contributed by atoms with Crippen LogP contribution in [0.1, 0.15) is 73.1 Å². The van der Waals surface area contributed by atoms with Gasteiger partial charge in [0.15, 0.2) is 0 Å². The van der Waals surface area contributed by atoms with E-state index in [0.717, 1.165) is 38.4 Å². The molecule has 9 atom stereocenters. The number of hydrogen-bond donors (Lipinski definition) is 1. The lowest BCUT2D eigenvalue weighted by molar-refractivity contribution is -0.122. The summed E-state index contributed by atoms with van der Waals surface area (Å²) in [5.41, 5.74) is -1.17. The molecule has 1 heterocycles. The number of halogens is 1. The van der Waals surface area contributed by atoms with Crippen molar-refractivity contribution in [2.45, 2.75) is 101 Å². The fraction of sp³-hybridized carbons (Fsp3) is 0.846. The van der Waals surface area contributed by atoms with Crippen molar-refractivity contribution in [2.75, 3.05) is 7.11 Å². The first-order chi connectivity index (χ1) is 14.8. The SMILES string of the molecule is COC(C)(C)C(Br)[C@H]1C[C@H](C)[C@]2(CC[C@]3(C)C[C@H]4[C@H](C(=O)C[C@@]4(C)O)/C(C=O)=C\C[C@H]32)O1. The quantitative estimate of drug-likeness (QED) is 0.440. The Kier molecular flexibility index (Phi) is 6.14. The average molecular weight is 511 g/mol. The zero-order valence-corrected chi connectivity index (χ0v) is 21.9. The first kappa shape index (κ1) is 24.6. The van der Waals surface area contributed by atoms with Crippen molar-refractivity contribution in [2.24, 2.45) is 29.1 Å². The Morgan fingerprint density at radius 1 is 1.34 bits per heavy atom. The number of carbonyl (C=O) groups is 2. The molecule has 0 bridgehead atoms. The zero-order chi connectivity index (χ0) is 23.7. The lowest BCUT2D eigenvalue weighted by Crippen LogP contribution is -2.47. The maximum atomic E-state index is 12.8. The molecule has 3 aliphatic carbocycles. The van der Waals surface area contributed by atoms with E-state index in [9.17, 15) is 14.7 Å². The lowest BCUT2D eigenvalue weighted by Gasteiger charge is -2.46. The summed E-state index contributed by atoms with van der Waals surface area (Å²) in [4.78, 5) is 24.9. The number of ketones is 1. The number of alkyl halides is 1. The van der Waals surface area contributed by atoms with Crippen LogP contribution in [0.5, 0.6) is 0 Å². The number of methoxy groups -OCH3 is 1. The smallest absolute Gasteiger partial charge is 0.146 e. The van der Waals surface area contributed by atoms with E-state index >= 15 is 0 Å². The fourth-order valence-electron chi connectivity index (χ4n) is 7.55. The molecule has 0 amide bonds. The second-order valence-corrected chi connectivity index (χ2v) is 13.0. The lowest BCUT2D eigenvalue weighted by atomic mass is 9.62. The van der Waals surface area contributed by atoms with Gasteiger partial charge in [0.1, 0.15) is 12.1 Å². The van der Waals surface area contributed by atoms with Gasteiger partial charge >= 0.3 is 0 Å². The summed E-state index contributed by atoms with van der Waals surface area (Å²) >= 11 is 3.87. The predicted octanol–water partition coefficient (Wildman–Crippen LogP) is 4.63. The highest BCUT2D eigenvalue weighted by Crippen LogP contribution is 2.64. The van der Waals surface area contributed by atoms with Crippen LogP contribution in [0.15, 0.2) is 11.6 Å². The van der Waals surface area contributed by atoms with Crippen LogP contribution in [-0.4, -0.2) is 52.0 Å². The van der Waals surface area contributed by atoms with E-state index in [-0.39, 0.29) is 51.6 Å². The van der Waals surface area contributed by atoms with Gasteiger partial charge in [-0.05, 0) is 75.7 Å². The van der Waals surface area contributed by atoms with Gasteiger partial charge in [-0.15, -0.1) is 0 Å². The summed E-state index contributed by atoms with van der Waals surface area (Å²) in [7, 11) is 1.74. The molecule has 4 rings (SSSR count). The van der Waals surface area contributed by atoms with E-state index in [4.69, 9.17) is 9.47 Å². The van der Waals surface area contributed by atoms with Crippen LogP contribution in [-0.2, 0) is 19.1 Å². The Morgan fingerprint density at radius 2 is 2.03 bits per heavy atom. The highest BCUT2D eigenvalue weighted by molar-refractivity contribution is 9.09. The van der Waals surface area contributed by atoms with Crippen molar-refractivity contribution < 1.29 is 24.2 Å². The molecule has 0 aromatic carbocycles. The fourth-order valence-corrected chi connectivity index (χ4v) is 8.06. The zero-order valence-electron chi connectivity index (χ0n) is 20.3. The maximum Gasteiger partial charge on any atom is 0.146 e. The molecular formula is C26H39BrO5. The molecule has 32 heavy (non-hydrogen) atoms. The Morgan fingerprint density at radius 3 is 2.66 bits per heavy atom. The van der Waals surface area contributed by atoms with Gasteiger partial charge in [0.2, 0.25) is 0 Å². The van der Waals surface area contributed by atoms with Crippen LogP contribution in [0.4, 0.5) is 0 Å². The van der Waals surface area contributed by atoms with Gasteiger partial charge < -0.3 is 14.6 Å². The summed E-state index contributed by atoms with van der Waals surface area (Å²) in [5.74, 6) is -0.0782. The highest BCUT2D eigenvalue weighted by Gasteiger charge is 2.64. The average Bonchev–Trinajstić information content (AvgIpc) is 3.26. The van der Waals surface area contributed by atoms with Gasteiger partial charge in [0.05, 0.1) is 33.7 Å². The molecular weight excluding hydrogens is 472 g/mol. The van der Waals surface area contributed by atoms with E-state index in [2.05, 4.69) is 43.6 Å². The number of hydrogen-bond acceptors (Lipinski definition) is 5. The third kappa shape index (κ3) is 3.59. The van der Waals surface area contributed by atoms with Gasteiger partial charge in [-0.1, -0.05) is 35.9 Å². The Hall–Kier alpha value is -0.560. The molecule has 4 aliphatic rings. The van der Waals surface area contributed by atoms with Crippen molar-refractivity contribution >= 4 is 28.0 Å². The van der Waals surface area contributed by atoms with E-state index < -0.39 is 11.5 Å². The molecule has 0 aromatic heterocycles. The minimum absolute atomic E-state index is 0.00239. The Balaban J connectivity index is 1.70. The monoisotopic (exact) mass is 510 g/mol. The summed E-state index contributed by atoms with van der Waals surface area (Å²) < 4.78 is 12.7. The molecule has 3 fully saturated rings. The molecule has 1 unspecified atom stereocenters. The molecule has 1 N–H and O–H groups in total. The minimum Gasteiger partial charge on any atom is -0.389 e. The van der Waals surface area contributed by atoms with Crippen molar-refractivity contribution in [1.82, 2.24) is 0 Å². The minimum atomic E-state index is -1.07. The number of ether oxygens (including phenoxy) is 2. The molecule has 1 aliphatic heterocycles. The molecule has 1 saturated heterocycles. The van der Waals surface area contributed by atoms with Crippen molar-refractivity contribution in [1.29, 1.82) is 0 Å². The van der Waals surface area contributed by atoms with Crippen molar-refractivity contribution in [3.8, 4) is 0 Å². The molecule has 0 radical (unpaired) electrons. The van der Waals surface area contributed by atoms with E-state index in [1.165, 1.54) is 0 Å². The van der Waals surface area contributed by atoms with Crippen molar-refractivity contribution in [3.05, 3.63) is 11.6 Å². The maximum absolute atomic E-state index is 12.8. The second kappa shape index (κ2) is 8.00. The number of fused-ring (bicyclic) bond motifs is 3. The largest absolute Gasteiger partial charge is 0.389 e. The molecule has 1 spiro atoms. The number of Topliss-reactive ketones (excluding diaryl/α,β-unsaturated/α-hetero) is 1. The molecule has 5 nitrogen and oxygen atoms in total. The molecule has 180 valence electrons. The van der Waals surface area contributed by atoms with Crippen LogP contribution in [0, 0.1) is 29.1 Å². The van der Waals surface area contributed by atoms with Crippen LogP contribution in [0.25, 0.3) is 0 Å².